The van der Waals surface area contributed by atoms with E-state index in [1.165, 1.54) is 16.3 Å². The van der Waals surface area contributed by atoms with Crippen LogP contribution in [0.4, 0.5) is 0 Å². The average Bonchev–Trinajstić information content (AvgIpc) is 3.16. The molecule has 1 heterocycles. The number of aromatic nitrogens is 3. The van der Waals surface area contributed by atoms with Gasteiger partial charge < -0.3 is 4.74 Å². The molecule has 0 spiro atoms. The number of H-pyrrole nitrogens is 1. The molecule has 1 aromatic heterocycles. The number of thioether (sulfide) groups is 1. The second kappa shape index (κ2) is 6.01. The normalized spacial score (nSPS) is 17.8. The van der Waals surface area contributed by atoms with Crippen LogP contribution in [0.25, 0.3) is 0 Å². The molecule has 1 saturated carbocycles. The van der Waals surface area contributed by atoms with Crippen molar-refractivity contribution in [2.75, 3.05) is 12.4 Å². The first-order valence-electron chi connectivity index (χ1n) is 6.65. The Labute approximate surface area is 121 Å². The zero-order chi connectivity index (χ0) is 14.8. The lowest BCUT2D eigenvalue weighted by Crippen LogP contribution is -2.53. The van der Waals surface area contributed by atoms with Crippen LogP contribution in [-0.4, -0.2) is 44.7 Å². The molecule has 8 heteroatoms. The fourth-order valence-electron chi connectivity index (χ4n) is 1.80. The van der Waals surface area contributed by atoms with Crippen LogP contribution in [-0.2, 0) is 16.6 Å². The summed E-state index contributed by atoms with van der Waals surface area (Å²) in [5.74, 6) is 0.195. The Balaban J connectivity index is 2.05. The Hall–Kier alpha value is -1.28. The predicted octanol–water partition coefficient (Wildman–Crippen LogP) is 0.274. The lowest BCUT2D eigenvalue weighted by molar-refractivity contribution is -0.149. The molecular weight excluding hydrogens is 280 g/mol. The van der Waals surface area contributed by atoms with E-state index in [2.05, 4.69) is 15.5 Å². The Morgan fingerprint density at radius 3 is 2.85 bits per heavy atom. The molecule has 1 fully saturated rings. The van der Waals surface area contributed by atoms with E-state index in [0.717, 1.165) is 12.8 Å². The fraction of sp³-hybridized carbons (Fsp3) is 0.750. The van der Waals surface area contributed by atoms with Crippen molar-refractivity contribution in [3.63, 3.8) is 0 Å². The number of carbonyl (C=O) groups is 1. The summed E-state index contributed by atoms with van der Waals surface area (Å²) in [6.07, 6.45) is 2.17. The first-order chi connectivity index (χ1) is 9.46. The minimum atomic E-state index is -0.767. The minimum Gasteiger partial charge on any atom is -0.465 e. The summed E-state index contributed by atoms with van der Waals surface area (Å²) in [7, 11) is 1.64. The minimum absolute atomic E-state index is 0.263. The van der Waals surface area contributed by atoms with E-state index in [4.69, 9.17) is 4.74 Å². The molecule has 20 heavy (non-hydrogen) atoms. The average molecular weight is 300 g/mol. The molecule has 1 aliphatic carbocycles. The maximum atomic E-state index is 12.1. The van der Waals surface area contributed by atoms with Gasteiger partial charge in [0.1, 0.15) is 5.54 Å². The maximum absolute atomic E-state index is 12.1. The largest absolute Gasteiger partial charge is 0.465 e. The Bertz CT molecular complexity index is 537. The monoisotopic (exact) mass is 300 g/mol. The highest BCUT2D eigenvalue weighted by Crippen LogP contribution is 2.27. The van der Waals surface area contributed by atoms with Gasteiger partial charge >= 0.3 is 11.7 Å². The molecule has 0 amide bonds. The Morgan fingerprint density at radius 1 is 1.65 bits per heavy atom. The summed E-state index contributed by atoms with van der Waals surface area (Å²) in [6.45, 7) is 3.98. The molecule has 1 unspecified atom stereocenters. The van der Waals surface area contributed by atoms with Crippen molar-refractivity contribution < 1.29 is 9.53 Å². The summed E-state index contributed by atoms with van der Waals surface area (Å²) in [5.41, 5.74) is -1.03. The van der Waals surface area contributed by atoms with Gasteiger partial charge in [-0.25, -0.2) is 9.89 Å². The summed E-state index contributed by atoms with van der Waals surface area (Å²) >= 11 is 1.36. The van der Waals surface area contributed by atoms with Gasteiger partial charge in [-0.05, 0) is 26.7 Å². The molecule has 1 aliphatic rings. The number of rotatable bonds is 7. The molecule has 112 valence electrons. The number of hydrogen-bond donors (Lipinski definition) is 2. The van der Waals surface area contributed by atoms with Gasteiger partial charge in [-0.3, -0.25) is 14.7 Å². The number of esters is 1. The lowest BCUT2D eigenvalue weighted by Gasteiger charge is -2.28. The molecule has 1 aromatic rings. The van der Waals surface area contributed by atoms with Crippen LogP contribution in [0.5, 0.6) is 0 Å². The molecule has 0 aromatic carbocycles. The Kier molecular flexibility index (Phi) is 4.54. The van der Waals surface area contributed by atoms with Crippen molar-refractivity contribution >= 4 is 17.7 Å². The van der Waals surface area contributed by atoms with Crippen molar-refractivity contribution in [3.8, 4) is 0 Å². The number of hydrogen-bond acceptors (Lipinski definition) is 6. The van der Waals surface area contributed by atoms with E-state index in [-0.39, 0.29) is 11.7 Å². The lowest BCUT2D eigenvalue weighted by atomic mass is 10.1. The van der Waals surface area contributed by atoms with Crippen LogP contribution >= 0.6 is 11.8 Å². The number of ether oxygens (including phenoxy) is 1. The predicted molar refractivity (Wildman–Crippen MR) is 75.7 cm³/mol. The molecule has 7 nitrogen and oxygen atoms in total. The van der Waals surface area contributed by atoms with Crippen LogP contribution in [0.1, 0.15) is 26.7 Å². The van der Waals surface area contributed by atoms with Gasteiger partial charge in [0.15, 0.2) is 5.16 Å². The first kappa shape index (κ1) is 15.1. The molecule has 2 rings (SSSR count). The fourth-order valence-corrected chi connectivity index (χ4v) is 2.80. The standard InChI is InChI=1S/C12H20N4O3S/c1-4-19-9(17)12(2,13-8-5-6-8)7-20-11-15-14-10(18)16(11)3/h8,13H,4-7H2,1-3H3,(H,14,18). The van der Waals surface area contributed by atoms with E-state index in [1.807, 2.05) is 6.92 Å². The summed E-state index contributed by atoms with van der Waals surface area (Å²) in [5, 5.41) is 10.2. The van der Waals surface area contributed by atoms with E-state index in [1.54, 1.807) is 14.0 Å². The third-order valence-electron chi connectivity index (χ3n) is 3.15. The SMILES string of the molecule is CCOC(=O)C(C)(CSc1n[nH]c(=O)n1C)NC1CC1. The second-order valence-corrected chi connectivity index (χ2v) is 6.07. The van der Waals surface area contributed by atoms with Crippen molar-refractivity contribution in [2.45, 2.75) is 43.4 Å². The van der Waals surface area contributed by atoms with Crippen LogP contribution < -0.4 is 11.0 Å². The molecular formula is C12H20N4O3S. The topological polar surface area (TPSA) is 89.0 Å². The number of aromatic amines is 1. The smallest absolute Gasteiger partial charge is 0.343 e. The van der Waals surface area contributed by atoms with Gasteiger partial charge in [-0.2, -0.15) is 0 Å². The Morgan fingerprint density at radius 2 is 2.35 bits per heavy atom. The van der Waals surface area contributed by atoms with E-state index in [0.29, 0.717) is 23.6 Å². The summed E-state index contributed by atoms with van der Waals surface area (Å²) in [6, 6.07) is 0.382. The second-order valence-electron chi connectivity index (χ2n) is 5.13. The third kappa shape index (κ3) is 3.43. The molecule has 0 radical (unpaired) electrons. The highest BCUT2D eigenvalue weighted by molar-refractivity contribution is 7.99. The third-order valence-corrected chi connectivity index (χ3v) is 4.50. The van der Waals surface area contributed by atoms with Crippen molar-refractivity contribution in [1.29, 1.82) is 0 Å². The van der Waals surface area contributed by atoms with E-state index >= 15 is 0 Å². The zero-order valence-corrected chi connectivity index (χ0v) is 12.7. The molecule has 0 saturated heterocycles. The van der Waals surface area contributed by atoms with Crippen LogP contribution in [0.3, 0.4) is 0 Å². The number of carbonyl (C=O) groups excluding carboxylic acids is 1. The van der Waals surface area contributed by atoms with E-state index < -0.39 is 5.54 Å². The van der Waals surface area contributed by atoms with Gasteiger partial charge in [0.25, 0.3) is 0 Å². The zero-order valence-electron chi connectivity index (χ0n) is 11.9. The van der Waals surface area contributed by atoms with Gasteiger partial charge in [-0.15, -0.1) is 5.10 Å². The quantitative estimate of drug-likeness (QED) is 0.555. The van der Waals surface area contributed by atoms with Crippen LogP contribution in [0.2, 0.25) is 0 Å². The van der Waals surface area contributed by atoms with Gasteiger partial charge in [0, 0.05) is 18.8 Å². The molecule has 1 atom stereocenters. The molecule has 0 aliphatic heterocycles. The molecule has 2 N–H and O–H groups in total. The molecule has 0 bridgehead atoms. The first-order valence-corrected chi connectivity index (χ1v) is 7.64. The van der Waals surface area contributed by atoms with Gasteiger partial charge in [-0.1, -0.05) is 11.8 Å². The summed E-state index contributed by atoms with van der Waals surface area (Å²) < 4.78 is 6.57. The van der Waals surface area contributed by atoms with Crippen LogP contribution in [0.15, 0.2) is 9.95 Å². The van der Waals surface area contributed by atoms with Gasteiger partial charge in [0.05, 0.1) is 6.61 Å². The van der Waals surface area contributed by atoms with E-state index in [9.17, 15) is 9.59 Å². The summed E-state index contributed by atoms with van der Waals surface area (Å²) in [4.78, 5) is 23.5. The highest BCUT2D eigenvalue weighted by atomic mass is 32.2. The van der Waals surface area contributed by atoms with Crippen molar-refractivity contribution in [1.82, 2.24) is 20.1 Å². The maximum Gasteiger partial charge on any atom is 0.343 e. The number of nitrogens with one attached hydrogen (secondary N) is 2. The van der Waals surface area contributed by atoms with Crippen molar-refractivity contribution in [3.05, 3.63) is 10.5 Å². The van der Waals surface area contributed by atoms with Gasteiger partial charge in [0.2, 0.25) is 0 Å². The van der Waals surface area contributed by atoms with Crippen LogP contribution in [0, 0.1) is 0 Å². The number of nitrogens with zero attached hydrogens (tertiary/aromatic N) is 2. The van der Waals surface area contributed by atoms with Crippen molar-refractivity contribution in [2.24, 2.45) is 7.05 Å². The highest BCUT2D eigenvalue weighted by Gasteiger charge is 2.40.